The molecule has 1 aliphatic rings. The number of hydrogen-bond donors (Lipinski definition) is 3. The first-order chi connectivity index (χ1) is 10.1. The number of nitrogens with one attached hydrogen (secondary N) is 2. The second-order valence-corrected chi connectivity index (χ2v) is 5.41. The van der Waals surface area contributed by atoms with E-state index in [0.29, 0.717) is 31.1 Å². The van der Waals surface area contributed by atoms with Crippen LogP contribution < -0.4 is 15.4 Å². The van der Waals surface area contributed by atoms with E-state index in [2.05, 4.69) is 32.5 Å². The van der Waals surface area contributed by atoms with E-state index in [4.69, 9.17) is 4.74 Å². The molecule has 7 heteroatoms. The molecule has 1 fully saturated rings. The summed E-state index contributed by atoms with van der Waals surface area (Å²) in [7, 11) is 0. The molecule has 0 aliphatic heterocycles. The molecule has 21 heavy (non-hydrogen) atoms. The van der Waals surface area contributed by atoms with Crippen LogP contribution in [-0.4, -0.2) is 45.4 Å². The maximum atomic E-state index is 10.4. The third-order valence-corrected chi connectivity index (χ3v) is 3.53. The van der Waals surface area contributed by atoms with Crippen molar-refractivity contribution in [2.24, 2.45) is 0 Å². The fraction of sp³-hybridized carbons (Fsp3) is 0.786. The molecule has 1 saturated carbocycles. The van der Waals surface area contributed by atoms with Crippen LogP contribution in [0.4, 0.5) is 11.9 Å². The third kappa shape index (κ3) is 4.70. The Hall–Kier alpha value is -1.63. The summed E-state index contributed by atoms with van der Waals surface area (Å²) < 4.78 is 5.36. The molecule has 0 bridgehead atoms. The Morgan fingerprint density at radius 2 is 1.76 bits per heavy atom. The van der Waals surface area contributed by atoms with Crippen molar-refractivity contribution in [3.63, 3.8) is 0 Å². The van der Waals surface area contributed by atoms with Crippen molar-refractivity contribution in [3.8, 4) is 6.01 Å². The zero-order valence-electron chi connectivity index (χ0n) is 12.9. The molecule has 1 aliphatic carbocycles. The van der Waals surface area contributed by atoms with Gasteiger partial charge in [0, 0.05) is 13.1 Å². The van der Waals surface area contributed by atoms with Gasteiger partial charge < -0.3 is 20.5 Å². The van der Waals surface area contributed by atoms with Gasteiger partial charge in [0.2, 0.25) is 11.9 Å². The Balaban J connectivity index is 2.03. The molecule has 1 heterocycles. The van der Waals surface area contributed by atoms with Crippen molar-refractivity contribution >= 4 is 11.9 Å². The Bertz CT molecular complexity index is 449. The third-order valence-electron chi connectivity index (χ3n) is 3.53. The van der Waals surface area contributed by atoms with Gasteiger partial charge in [0.1, 0.15) is 0 Å². The minimum Gasteiger partial charge on any atom is -0.464 e. The molecule has 7 nitrogen and oxygen atoms in total. The highest BCUT2D eigenvalue weighted by molar-refractivity contribution is 5.36. The molecule has 1 aromatic heterocycles. The molecule has 0 amide bonds. The smallest absolute Gasteiger partial charge is 0.323 e. The summed E-state index contributed by atoms with van der Waals surface area (Å²) in [5.74, 6) is 0.934. The fourth-order valence-corrected chi connectivity index (χ4v) is 2.40. The summed E-state index contributed by atoms with van der Waals surface area (Å²) in [5, 5.41) is 16.6. The number of anilines is 2. The Morgan fingerprint density at radius 1 is 1.10 bits per heavy atom. The maximum Gasteiger partial charge on any atom is 0.323 e. The molecule has 0 unspecified atom stereocenters. The van der Waals surface area contributed by atoms with E-state index in [0.717, 1.165) is 38.6 Å². The second-order valence-electron chi connectivity index (χ2n) is 5.41. The summed E-state index contributed by atoms with van der Waals surface area (Å²) in [6.45, 7) is 5.71. The molecule has 0 atom stereocenters. The van der Waals surface area contributed by atoms with Crippen molar-refractivity contribution in [3.05, 3.63) is 0 Å². The van der Waals surface area contributed by atoms with Crippen LogP contribution in [0.2, 0.25) is 0 Å². The number of aliphatic hydroxyl groups is 1. The summed E-state index contributed by atoms with van der Waals surface area (Å²) in [6, 6.07) is 0.298. The Morgan fingerprint density at radius 3 is 2.38 bits per heavy atom. The van der Waals surface area contributed by atoms with Gasteiger partial charge in [0.15, 0.2) is 0 Å². The van der Waals surface area contributed by atoms with Crippen molar-refractivity contribution in [2.75, 3.05) is 30.3 Å². The molecule has 0 spiro atoms. The lowest BCUT2D eigenvalue weighted by Gasteiger charge is -2.22. The van der Waals surface area contributed by atoms with E-state index < -0.39 is 5.60 Å². The van der Waals surface area contributed by atoms with Gasteiger partial charge in [0.25, 0.3) is 0 Å². The number of rotatable bonds is 8. The molecular formula is C14H25N5O2. The average molecular weight is 295 g/mol. The molecule has 3 N–H and O–H groups in total. The highest BCUT2D eigenvalue weighted by atomic mass is 16.5. The van der Waals surface area contributed by atoms with E-state index in [9.17, 15) is 5.11 Å². The van der Waals surface area contributed by atoms with Gasteiger partial charge in [-0.25, -0.2) is 0 Å². The van der Waals surface area contributed by atoms with Crippen LogP contribution in [0.25, 0.3) is 0 Å². The predicted molar refractivity (Wildman–Crippen MR) is 81.7 cm³/mol. The first-order valence-corrected chi connectivity index (χ1v) is 7.74. The van der Waals surface area contributed by atoms with Gasteiger partial charge >= 0.3 is 6.01 Å². The van der Waals surface area contributed by atoms with Gasteiger partial charge in [-0.15, -0.1) is 0 Å². The minimum absolute atomic E-state index is 0.298. The summed E-state index contributed by atoms with van der Waals surface area (Å²) in [4.78, 5) is 12.7. The van der Waals surface area contributed by atoms with Crippen LogP contribution in [0, 0.1) is 0 Å². The zero-order chi connectivity index (χ0) is 15.1. The van der Waals surface area contributed by atoms with Gasteiger partial charge in [0.05, 0.1) is 12.2 Å². The number of ether oxygens (including phenoxy) is 1. The van der Waals surface area contributed by atoms with Gasteiger partial charge in [-0.3, -0.25) is 0 Å². The standard InChI is InChI=1S/C14H25N5O2/c1-3-9-15-11-17-12(19-13(18-11)21-4-2)16-10-14(20)7-5-6-8-14/h20H,3-10H2,1-2H3,(H2,15,16,17,18,19). The highest BCUT2D eigenvalue weighted by Gasteiger charge is 2.31. The van der Waals surface area contributed by atoms with Crippen molar-refractivity contribution in [1.29, 1.82) is 0 Å². The van der Waals surface area contributed by atoms with Crippen LogP contribution in [0.3, 0.4) is 0 Å². The van der Waals surface area contributed by atoms with Gasteiger partial charge in [-0.1, -0.05) is 19.8 Å². The topological polar surface area (TPSA) is 92.2 Å². The first kappa shape index (κ1) is 15.8. The molecular weight excluding hydrogens is 270 g/mol. The SMILES string of the molecule is CCCNc1nc(NCC2(O)CCCC2)nc(OCC)n1. The number of aromatic nitrogens is 3. The number of nitrogens with zero attached hydrogens (tertiary/aromatic N) is 3. The van der Waals surface area contributed by atoms with Crippen LogP contribution in [0.15, 0.2) is 0 Å². The van der Waals surface area contributed by atoms with E-state index in [1.54, 1.807) is 0 Å². The fourth-order valence-electron chi connectivity index (χ4n) is 2.40. The Labute approximate surface area is 125 Å². The molecule has 2 rings (SSSR count). The van der Waals surface area contributed by atoms with E-state index in [-0.39, 0.29) is 0 Å². The quantitative estimate of drug-likeness (QED) is 0.673. The lowest BCUT2D eigenvalue weighted by molar-refractivity contribution is 0.0612. The average Bonchev–Trinajstić information content (AvgIpc) is 2.91. The Kier molecular flexibility index (Phi) is 5.55. The van der Waals surface area contributed by atoms with Gasteiger partial charge in [-0.2, -0.15) is 15.0 Å². The van der Waals surface area contributed by atoms with Gasteiger partial charge in [-0.05, 0) is 26.2 Å². The highest BCUT2D eigenvalue weighted by Crippen LogP contribution is 2.29. The van der Waals surface area contributed by atoms with Crippen molar-refractivity contribution in [2.45, 2.75) is 51.6 Å². The predicted octanol–water partition coefficient (Wildman–Crippen LogP) is 1.81. The van der Waals surface area contributed by atoms with Crippen LogP contribution >= 0.6 is 0 Å². The monoisotopic (exact) mass is 295 g/mol. The van der Waals surface area contributed by atoms with Crippen LogP contribution in [0.1, 0.15) is 46.0 Å². The molecule has 0 aromatic carbocycles. The minimum atomic E-state index is -0.643. The first-order valence-electron chi connectivity index (χ1n) is 7.74. The molecule has 118 valence electrons. The van der Waals surface area contributed by atoms with Crippen molar-refractivity contribution in [1.82, 2.24) is 15.0 Å². The van der Waals surface area contributed by atoms with E-state index >= 15 is 0 Å². The van der Waals surface area contributed by atoms with Crippen molar-refractivity contribution < 1.29 is 9.84 Å². The summed E-state index contributed by atoms with van der Waals surface area (Å²) >= 11 is 0. The number of hydrogen-bond acceptors (Lipinski definition) is 7. The summed E-state index contributed by atoms with van der Waals surface area (Å²) in [5.41, 5.74) is -0.643. The summed E-state index contributed by atoms with van der Waals surface area (Å²) in [6.07, 6.45) is 4.78. The normalized spacial score (nSPS) is 16.7. The zero-order valence-corrected chi connectivity index (χ0v) is 12.9. The van der Waals surface area contributed by atoms with E-state index in [1.165, 1.54) is 0 Å². The lowest BCUT2D eigenvalue weighted by atomic mass is 10.0. The van der Waals surface area contributed by atoms with E-state index in [1.807, 2.05) is 6.92 Å². The van der Waals surface area contributed by atoms with Crippen LogP contribution in [-0.2, 0) is 0 Å². The molecule has 0 saturated heterocycles. The second kappa shape index (κ2) is 7.40. The molecule has 0 radical (unpaired) electrons. The largest absolute Gasteiger partial charge is 0.464 e. The maximum absolute atomic E-state index is 10.4. The molecule has 1 aromatic rings. The van der Waals surface area contributed by atoms with Crippen LogP contribution in [0.5, 0.6) is 6.01 Å². The lowest BCUT2D eigenvalue weighted by Crippen LogP contribution is -2.34.